The van der Waals surface area contributed by atoms with E-state index in [1.165, 1.54) is 15.0 Å². The summed E-state index contributed by atoms with van der Waals surface area (Å²) in [6.45, 7) is 0. The van der Waals surface area contributed by atoms with E-state index in [0.717, 1.165) is 10.5 Å². The molecule has 0 fully saturated rings. The van der Waals surface area contributed by atoms with Crippen LogP contribution in [0.25, 0.3) is 20.5 Å². The first-order valence-corrected chi connectivity index (χ1v) is 6.48. The summed E-state index contributed by atoms with van der Waals surface area (Å²) in [6.07, 6.45) is 0. The minimum atomic E-state index is 0.392. The van der Waals surface area contributed by atoms with Crippen LogP contribution in [0, 0.1) is 0 Å². The molecule has 0 amide bonds. The standard InChI is InChI=1S/C11H6ClNSe/c12-8-2-3-9-7(5-8)1-4-10-11(9)14-6-13-10/h1-6H. The van der Waals surface area contributed by atoms with Gasteiger partial charge in [0.05, 0.1) is 0 Å². The molecule has 0 spiro atoms. The molecule has 3 aromatic rings. The van der Waals surface area contributed by atoms with Gasteiger partial charge in [-0.2, -0.15) is 0 Å². The summed E-state index contributed by atoms with van der Waals surface area (Å²) in [5.41, 5.74) is 1.12. The Kier molecular flexibility index (Phi) is 1.88. The molecule has 14 heavy (non-hydrogen) atoms. The molecule has 0 N–H and O–H groups in total. The Hall–Kier alpha value is -0.821. The fourth-order valence-corrected chi connectivity index (χ4v) is 3.54. The summed E-state index contributed by atoms with van der Waals surface area (Å²) >= 11 is 6.34. The van der Waals surface area contributed by atoms with Gasteiger partial charge in [0.25, 0.3) is 0 Å². The van der Waals surface area contributed by atoms with E-state index in [1.807, 2.05) is 17.2 Å². The van der Waals surface area contributed by atoms with Crippen LogP contribution in [0.3, 0.4) is 0 Å². The number of benzene rings is 2. The fraction of sp³-hybridized carbons (Fsp3) is 0. The van der Waals surface area contributed by atoms with Crippen molar-refractivity contribution < 1.29 is 0 Å². The Morgan fingerprint density at radius 2 is 2.07 bits per heavy atom. The number of halogens is 1. The quantitative estimate of drug-likeness (QED) is 0.570. The molecule has 0 aliphatic carbocycles. The van der Waals surface area contributed by atoms with E-state index in [4.69, 9.17) is 11.6 Å². The van der Waals surface area contributed by atoms with Gasteiger partial charge in [-0.1, -0.05) is 0 Å². The molecule has 0 radical (unpaired) electrons. The fourth-order valence-electron chi connectivity index (χ4n) is 1.62. The van der Waals surface area contributed by atoms with E-state index in [2.05, 4.69) is 23.2 Å². The van der Waals surface area contributed by atoms with E-state index < -0.39 is 0 Å². The van der Waals surface area contributed by atoms with Crippen molar-refractivity contribution in [2.45, 2.75) is 0 Å². The second kappa shape index (κ2) is 3.09. The van der Waals surface area contributed by atoms with Crippen molar-refractivity contribution in [3.8, 4) is 0 Å². The summed E-state index contributed by atoms with van der Waals surface area (Å²) < 4.78 is 1.38. The van der Waals surface area contributed by atoms with Gasteiger partial charge in [0.2, 0.25) is 0 Å². The van der Waals surface area contributed by atoms with Crippen molar-refractivity contribution >= 4 is 46.7 Å². The molecule has 0 saturated carbocycles. The monoisotopic (exact) mass is 267 g/mol. The third-order valence-corrected chi connectivity index (χ3v) is 4.35. The molecule has 3 heteroatoms. The molecule has 68 valence electrons. The van der Waals surface area contributed by atoms with Crippen LogP contribution in [-0.4, -0.2) is 19.5 Å². The van der Waals surface area contributed by atoms with Crippen LogP contribution in [0.1, 0.15) is 0 Å². The first kappa shape index (κ1) is 8.48. The van der Waals surface area contributed by atoms with E-state index in [-0.39, 0.29) is 0 Å². The summed E-state index contributed by atoms with van der Waals surface area (Å²) in [5.74, 6) is 0. The molecule has 0 aliphatic heterocycles. The number of nitrogens with zero attached hydrogens (tertiary/aromatic N) is 1. The second-order valence-corrected chi connectivity index (χ2v) is 5.36. The molecule has 1 nitrogen and oxygen atoms in total. The molecule has 0 bridgehead atoms. The average molecular weight is 267 g/mol. The number of hydrogen-bond donors (Lipinski definition) is 0. The maximum atomic E-state index is 5.94. The first-order chi connectivity index (χ1) is 6.84. The summed E-state index contributed by atoms with van der Waals surface area (Å²) in [4.78, 5) is 4.34. The van der Waals surface area contributed by atoms with Gasteiger partial charge in [-0.25, -0.2) is 0 Å². The van der Waals surface area contributed by atoms with Crippen LogP contribution in [0.5, 0.6) is 0 Å². The van der Waals surface area contributed by atoms with Crippen molar-refractivity contribution in [1.82, 2.24) is 4.98 Å². The van der Waals surface area contributed by atoms with Crippen LogP contribution < -0.4 is 0 Å². The maximum absolute atomic E-state index is 5.94. The predicted octanol–water partition coefficient (Wildman–Crippen LogP) is 3.10. The van der Waals surface area contributed by atoms with E-state index >= 15 is 0 Å². The van der Waals surface area contributed by atoms with Crippen molar-refractivity contribution in [1.29, 1.82) is 0 Å². The molecule has 0 saturated heterocycles. The number of hydrogen-bond acceptors (Lipinski definition) is 1. The van der Waals surface area contributed by atoms with Crippen LogP contribution >= 0.6 is 11.6 Å². The first-order valence-electron chi connectivity index (χ1n) is 4.26. The normalized spacial score (nSPS) is 11.2. The average Bonchev–Trinajstić information content (AvgIpc) is 2.65. The number of fused-ring (bicyclic) bond motifs is 3. The van der Waals surface area contributed by atoms with Crippen LogP contribution in [0.2, 0.25) is 5.02 Å². The molecular weight excluding hydrogens is 261 g/mol. The van der Waals surface area contributed by atoms with Crippen LogP contribution in [-0.2, 0) is 0 Å². The Labute approximate surface area is 92.1 Å². The zero-order chi connectivity index (χ0) is 9.54. The van der Waals surface area contributed by atoms with Gasteiger partial charge in [-0.15, -0.1) is 0 Å². The van der Waals surface area contributed by atoms with Gasteiger partial charge in [-0.3, -0.25) is 0 Å². The van der Waals surface area contributed by atoms with Gasteiger partial charge >= 0.3 is 92.1 Å². The third kappa shape index (κ3) is 1.19. The van der Waals surface area contributed by atoms with E-state index in [9.17, 15) is 0 Å². The molecular formula is C11H6ClNSe. The molecule has 0 aliphatic rings. The predicted molar refractivity (Wildman–Crippen MR) is 61.2 cm³/mol. The van der Waals surface area contributed by atoms with Gasteiger partial charge in [0, 0.05) is 0 Å². The summed E-state index contributed by atoms with van der Waals surface area (Å²) in [6, 6.07) is 10.2. The van der Waals surface area contributed by atoms with Crippen molar-refractivity contribution in [2.75, 3.05) is 0 Å². The Morgan fingerprint density at radius 1 is 1.14 bits per heavy atom. The summed E-state index contributed by atoms with van der Waals surface area (Å²) in [7, 11) is 0. The molecule has 1 heterocycles. The van der Waals surface area contributed by atoms with Crippen LogP contribution in [0.15, 0.2) is 35.4 Å². The second-order valence-electron chi connectivity index (χ2n) is 3.13. The van der Waals surface area contributed by atoms with E-state index in [1.54, 1.807) is 0 Å². The van der Waals surface area contributed by atoms with Gasteiger partial charge < -0.3 is 0 Å². The van der Waals surface area contributed by atoms with Crippen LogP contribution in [0.4, 0.5) is 0 Å². The Morgan fingerprint density at radius 3 is 3.00 bits per heavy atom. The Bertz CT molecular complexity index is 615. The molecule has 0 unspecified atom stereocenters. The molecule has 1 aromatic heterocycles. The topological polar surface area (TPSA) is 12.9 Å². The molecule has 3 rings (SSSR count). The SMILES string of the molecule is Clc1ccc2c(ccc3nc[se]c32)c1. The number of aromatic nitrogens is 1. The zero-order valence-electron chi connectivity index (χ0n) is 7.20. The zero-order valence-corrected chi connectivity index (χ0v) is 9.67. The van der Waals surface area contributed by atoms with Gasteiger partial charge in [0.1, 0.15) is 0 Å². The minimum absolute atomic E-state index is 0.392. The third-order valence-electron chi connectivity index (χ3n) is 2.27. The van der Waals surface area contributed by atoms with Gasteiger partial charge in [-0.05, 0) is 0 Å². The van der Waals surface area contributed by atoms with Crippen molar-refractivity contribution in [3.63, 3.8) is 0 Å². The van der Waals surface area contributed by atoms with Crippen molar-refractivity contribution in [3.05, 3.63) is 40.4 Å². The molecule has 0 atom stereocenters. The van der Waals surface area contributed by atoms with Crippen molar-refractivity contribution in [2.24, 2.45) is 0 Å². The molecule has 2 aromatic carbocycles. The van der Waals surface area contributed by atoms with Gasteiger partial charge in [0.15, 0.2) is 0 Å². The van der Waals surface area contributed by atoms with E-state index in [0.29, 0.717) is 14.5 Å². The number of rotatable bonds is 0. The summed E-state index contributed by atoms with van der Waals surface area (Å²) in [5, 5.41) is 5.32. The Balaban J connectivity index is 2.57.